The Morgan fingerprint density at radius 2 is 2.28 bits per heavy atom. The summed E-state index contributed by atoms with van der Waals surface area (Å²) in [5, 5.41) is 4.07. The van der Waals surface area contributed by atoms with Crippen LogP contribution in [0.4, 0.5) is 10.5 Å². The highest BCUT2D eigenvalue weighted by Crippen LogP contribution is 2.23. The van der Waals surface area contributed by atoms with Gasteiger partial charge >= 0.3 is 6.09 Å². The molecule has 1 unspecified atom stereocenters. The quantitative estimate of drug-likeness (QED) is 0.730. The van der Waals surface area contributed by atoms with Gasteiger partial charge in [-0.2, -0.15) is 5.10 Å². The maximum absolute atomic E-state index is 11.7. The summed E-state index contributed by atoms with van der Waals surface area (Å²) in [6.07, 6.45) is 9.12. The number of hydrogen-bond donors (Lipinski definition) is 0. The van der Waals surface area contributed by atoms with E-state index in [0.29, 0.717) is 6.54 Å². The fraction of sp³-hybridized carbons (Fsp3) is 0.692. The second-order valence-electron chi connectivity index (χ2n) is 4.84. The number of rotatable bonds is 6. The molecule has 0 saturated carbocycles. The van der Waals surface area contributed by atoms with Crippen molar-refractivity contribution in [2.24, 2.45) is 7.05 Å². The Morgan fingerprint density at radius 1 is 1.44 bits per heavy atom. The standard InChI is InChI=1S/C13H21N3O2/c1-3-4-5-6-7-12-10-16(13(17)18-12)11-8-14-15(2)9-11/h8-9,12H,3-7,10H2,1-2H3. The lowest BCUT2D eigenvalue weighted by molar-refractivity contribution is 0.135. The molecule has 2 heterocycles. The number of nitrogens with zero attached hydrogens (tertiary/aromatic N) is 3. The number of aromatic nitrogens is 2. The van der Waals surface area contributed by atoms with Gasteiger partial charge in [-0.3, -0.25) is 9.58 Å². The van der Waals surface area contributed by atoms with Gasteiger partial charge in [0.25, 0.3) is 0 Å². The van der Waals surface area contributed by atoms with Gasteiger partial charge in [0.15, 0.2) is 0 Å². The van der Waals surface area contributed by atoms with Crippen LogP contribution in [-0.2, 0) is 11.8 Å². The van der Waals surface area contributed by atoms with Gasteiger partial charge in [-0.15, -0.1) is 0 Å². The van der Waals surface area contributed by atoms with Crippen LogP contribution < -0.4 is 4.90 Å². The van der Waals surface area contributed by atoms with E-state index in [9.17, 15) is 4.79 Å². The van der Waals surface area contributed by atoms with Crippen molar-refractivity contribution in [1.82, 2.24) is 9.78 Å². The summed E-state index contributed by atoms with van der Waals surface area (Å²) in [7, 11) is 1.84. The van der Waals surface area contributed by atoms with E-state index < -0.39 is 0 Å². The van der Waals surface area contributed by atoms with Crippen molar-refractivity contribution < 1.29 is 9.53 Å². The number of aryl methyl sites for hydroxylation is 1. The zero-order chi connectivity index (χ0) is 13.0. The van der Waals surface area contributed by atoms with Crippen LogP contribution in [0.5, 0.6) is 0 Å². The molecular formula is C13H21N3O2. The van der Waals surface area contributed by atoms with Crippen LogP contribution in [0.2, 0.25) is 0 Å². The molecule has 0 aromatic carbocycles. The van der Waals surface area contributed by atoms with Crippen LogP contribution in [-0.4, -0.2) is 28.5 Å². The fourth-order valence-electron chi connectivity index (χ4n) is 2.23. The Morgan fingerprint density at radius 3 is 2.94 bits per heavy atom. The van der Waals surface area contributed by atoms with Crippen molar-refractivity contribution in [1.29, 1.82) is 0 Å². The third-order valence-electron chi connectivity index (χ3n) is 3.26. The summed E-state index contributed by atoms with van der Waals surface area (Å²) >= 11 is 0. The second kappa shape index (κ2) is 5.89. The molecule has 1 aromatic heterocycles. The lowest BCUT2D eigenvalue weighted by atomic mass is 10.1. The summed E-state index contributed by atoms with van der Waals surface area (Å²) in [6.45, 7) is 2.84. The first kappa shape index (κ1) is 12.9. The molecular weight excluding hydrogens is 230 g/mol. The molecule has 5 nitrogen and oxygen atoms in total. The van der Waals surface area contributed by atoms with E-state index in [1.807, 2.05) is 13.2 Å². The Hall–Kier alpha value is -1.52. The van der Waals surface area contributed by atoms with Gasteiger partial charge < -0.3 is 4.74 Å². The summed E-state index contributed by atoms with van der Waals surface area (Å²) in [5.74, 6) is 0. The maximum Gasteiger partial charge on any atom is 0.414 e. The minimum absolute atomic E-state index is 0.0366. The van der Waals surface area contributed by atoms with Crippen LogP contribution in [0.3, 0.4) is 0 Å². The van der Waals surface area contributed by atoms with Gasteiger partial charge in [-0.05, 0) is 12.8 Å². The number of carbonyl (C=O) groups excluding carboxylic acids is 1. The highest BCUT2D eigenvalue weighted by atomic mass is 16.6. The molecule has 0 bridgehead atoms. The molecule has 18 heavy (non-hydrogen) atoms. The summed E-state index contributed by atoms with van der Waals surface area (Å²) < 4.78 is 7.06. The van der Waals surface area contributed by atoms with Crippen molar-refractivity contribution in [3.63, 3.8) is 0 Å². The first-order valence-corrected chi connectivity index (χ1v) is 6.67. The van der Waals surface area contributed by atoms with Crippen LogP contribution in [0.15, 0.2) is 12.4 Å². The van der Waals surface area contributed by atoms with E-state index in [0.717, 1.165) is 18.5 Å². The largest absolute Gasteiger partial charge is 0.444 e. The monoisotopic (exact) mass is 251 g/mol. The molecule has 0 aliphatic carbocycles. The van der Waals surface area contributed by atoms with E-state index in [4.69, 9.17) is 4.74 Å². The molecule has 5 heteroatoms. The van der Waals surface area contributed by atoms with Crippen molar-refractivity contribution in [2.75, 3.05) is 11.4 Å². The molecule has 1 saturated heterocycles. The van der Waals surface area contributed by atoms with E-state index >= 15 is 0 Å². The number of ether oxygens (including phenoxy) is 1. The second-order valence-corrected chi connectivity index (χ2v) is 4.84. The summed E-state index contributed by atoms with van der Waals surface area (Å²) in [4.78, 5) is 13.4. The minimum atomic E-state index is -0.247. The molecule has 1 fully saturated rings. The molecule has 0 radical (unpaired) electrons. The summed E-state index contributed by atoms with van der Waals surface area (Å²) in [6, 6.07) is 0. The third kappa shape index (κ3) is 3.03. The SMILES string of the molecule is CCCCCCC1CN(c2cnn(C)c2)C(=O)O1. The topological polar surface area (TPSA) is 47.4 Å². The molecule has 1 atom stereocenters. The maximum atomic E-state index is 11.7. The van der Waals surface area contributed by atoms with Gasteiger partial charge in [-0.25, -0.2) is 4.79 Å². The van der Waals surface area contributed by atoms with E-state index in [1.165, 1.54) is 19.3 Å². The lowest BCUT2D eigenvalue weighted by Crippen LogP contribution is -2.24. The predicted molar refractivity (Wildman–Crippen MR) is 69.6 cm³/mol. The van der Waals surface area contributed by atoms with Crippen molar-refractivity contribution in [3.8, 4) is 0 Å². The predicted octanol–water partition coefficient (Wildman–Crippen LogP) is 2.72. The smallest absolute Gasteiger partial charge is 0.414 e. The first-order chi connectivity index (χ1) is 8.70. The fourth-order valence-corrected chi connectivity index (χ4v) is 2.23. The first-order valence-electron chi connectivity index (χ1n) is 6.67. The van der Waals surface area contributed by atoms with Gasteiger partial charge in [0.2, 0.25) is 0 Å². The summed E-state index contributed by atoms with van der Waals surface area (Å²) in [5.41, 5.74) is 0.818. The van der Waals surface area contributed by atoms with Crippen molar-refractivity contribution >= 4 is 11.8 Å². The van der Waals surface area contributed by atoms with E-state index in [-0.39, 0.29) is 12.2 Å². The van der Waals surface area contributed by atoms with Gasteiger partial charge in [-0.1, -0.05) is 26.2 Å². The molecule has 1 aliphatic rings. The molecule has 1 amide bonds. The van der Waals surface area contributed by atoms with Crippen molar-refractivity contribution in [2.45, 2.75) is 45.1 Å². The molecule has 0 N–H and O–H groups in total. The number of hydrogen-bond acceptors (Lipinski definition) is 3. The zero-order valence-corrected chi connectivity index (χ0v) is 11.1. The van der Waals surface area contributed by atoms with Crippen LogP contribution in [0.1, 0.15) is 39.0 Å². The van der Waals surface area contributed by atoms with Gasteiger partial charge in [0.05, 0.1) is 18.4 Å². The average Bonchev–Trinajstić information content (AvgIpc) is 2.91. The van der Waals surface area contributed by atoms with Gasteiger partial charge in [0, 0.05) is 13.2 Å². The third-order valence-corrected chi connectivity index (χ3v) is 3.26. The molecule has 100 valence electrons. The van der Waals surface area contributed by atoms with Crippen LogP contribution in [0, 0.1) is 0 Å². The van der Waals surface area contributed by atoms with Crippen LogP contribution in [0.25, 0.3) is 0 Å². The minimum Gasteiger partial charge on any atom is -0.444 e. The zero-order valence-electron chi connectivity index (χ0n) is 11.1. The lowest BCUT2D eigenvalue weighted by Gasteiger charge is -2.09. The highest BCUT2D eigenvalue weighted by molar-refractivity contribution is 5.89. The number of unbranched alkanes of at least 4 members (excludes halogenated alkanes) is 3. The molecule has 1 aromatic rings. The molecule has 1 aliphatic heterocycles. The Bertz CT molecular complexity index is 403. The highest BCUT2D eigenvalue weighted by Gasteiger charge is 2.32. The van der Waals surface area contributed by atoms with E-state index in [2.05, 4.69) is 12.0 Å². The Labute approximate surface area is 108 Å². The average molecular weight is 251 g/mol. The molecule has 0 spiro atoms. The number of carbonyl (C=O) groups is 1. The Balaban J connectivity index is 1.83. The number of amides is 1. The Kier molecular flexibility index (Phi) is 4.23. The van der Waals surface area contributed by atoms with Crippen LogP contribution >= 0.6 is 0 Å². The van der Waals surface area contributed by atoms with Crippen molar-refractivity contribution in [3.05, 3.63) is 12.4 Å². The number of cyclic esters (lactones) is 1. The number of anilines is 1. The van der Waals surface area contributed by atoms with E-state index in [1.54, 1.807) is 15.8 Å². The normalized spacial score (nSPS) is 19.3. The van der Waals surface area contributed by atoms with Gasteiger partial charge in [0.1, 0.15) is 6.10 Å². The molecule has 2 rings (SSSR count).